The molecule has 0 saturated heterocycles. The van der Waals surface area contributed by atoms with E-state index in [1.807, 2.05) is 57.2 Å². The molecule has 1 aliphatic heterocycles. The summed E-state index contributed by atoms with van der Waals surface area (Å²) >= 11 is 3.30. The molecule has 2 rings (SSSR count). The SMILES string of the molecule is CC(C)(C)OC(=O)N1CCC=C(C(=O)N(Br)c2ccccc2)C1. The average Bonchev–Trinajstić information content (AvgIpc) is 2.53. The highest BCUT2D eigenvalue weighted by molar-refractivity contribution is 9.10. The zero-order chi connectivity index (χ0) is 17.0. The van der Waals surface area contributed by atoms with E-state index in [2.05, 4.69) is 16.1 Å². The molecular weight excluding hydrogens is 360 g/mol. The monoisotopic (exact) mass is 380 g/mol. The molecule has 0 atom stereocenters. The van der Waals surface area contributed by atoms with Crippen LogP contribution in [0.5, 0.6) is 0 Å². The molecule has 1 aliphatic rings. The van der Waals surface area contributed by atoms with Gasteiger partial charge in [0, 0.05) is 12.1 Å². The molecule has 0 unspecified atom stereocenters. The van der Waals surface area contributed by atoms with Crippen LogP contribution < -0.4 is 3.93 Å². The van der Waals surface area contributed by atoms with Crippen LogP contribution in [-0.4, -0.2) is 35.6 Å². The van der Waals surface area contributed by atoms with E-state index >= 15 is 0 Å². The van der Waals surface area contributed by atoms with Gasteiger partial charge in [-0.2, -0.15) is 0 Å². The van der Waals surface area contributed by atoms with Crippen molar-refractivity contribution in [1.29, 1.82) is 0 Å². The molecule has 0 aliphatic carbocycles. The maximum atomic E-state index is 12.6. The first-order chi connectivity index (χ1) is 10.8. The largest absolute Gasteiger partial charge is 0.444 e. The number of amides is 2. The van der Waals surface area contributed by atoms with E-state index < -0.39 is 11.7 Å². The molecule has 0 fully saturated rings. The van der Waals surface area contributed by atoms with Gasteiger partial charge >= 0.3 is 6.09 Å². The van der Waals surface area contributed by atoms with E-state index in [0.717, 1.165) is 5.69 Å². The first-order valence-corrected chi connectivity index (χ1v) is 8.21. The van der Waals surface area contributed by atoms with E-state index in [1.165, 1.54) is 3.93 Å². The fourth-order valence-corrected chi connectivity index (χ4v) is 2.65. The Morgan fingerprint density at radius 2 is 1.87 bits per heavy atom. The topological polar surface area (TPSA) is 49.9 Å². The number of nitrogens with zero attached hydrogens (tertiary/aromatic N) is 2. The molecule has 1 aromatic carbocycles. The number of carbonyl (C=O) groups is 2. The number of rotatable bonds is 2. The van der Waals surface area contributed by atoms with Crippen LogP contribution in [-0.2, 0) is 9.53 Å². The summed E-state index contributed by atoms with van der Waals surface area (Å²) in [4.78, 5) is 26.3. The fourth-order valence-electron chi connectivity index (χ4n) is 2.18. The molecule has 0 spiro atoms. The smallest absolute Gasteiger partial charge is 0.410 e. The summed E-state index contributed by atoms with van der Waals surface area (Å²) in [5, 5.41) is 0. The molecule has 0 saturated carbocycles. The summed E-state index contributed by atoms with van der Waals surface area (Å²) in [6, 6.07) is 9.28. The minimum absolute atomic E-state index is 0.176. The highest BCUT2D eigenvalue weighted by Gasteiger charge is 2.28. The lowest BCUT2D eigenvalue weighted by Gasteiger charge is -2.30. The number of anilines is 1. The number of para-hydroxylation sites is 1. The van der Waals surface area contributed by atoms with Gasteiger partial charge in [-0.05, 0) is 39.3 Å². The number of hydrogen-bond acceptors (Lipinski definition) is 3. The van der Waals surface area contributed by atoms with Crippen LogP contribution in [0.15, 0.2) is 42.0 Å². The van der Waals surface area contributed by atoms with Crippen molar-refractivity contribution in [2.75, 3.05) is 17.0 Å². The van der Waals surface area contributed by atoms with E-state index in [-0.39, 0.29) is 12.5 Å². The van der Waals surface area contributed by atoms with Crippen LogP contribution in [0.1, 0.15) is 27.2 Å². The average molecular weight is 381 g/mol. The van der Waals surface area contributed by atoms with Gasteiger partial charge < -0.3 is 9.64 Å². The van der Waals surface area contributed by atoms with Gasteiger partial charge in [-0.25, -0.2) is 8.72 Å². The van der Waals surface area contributed by atoms with Crippen LogP contribution in [0, 0.1) is 0 Å². The zero-order valence-corrected chi connectivity index (χ0v) is 15.2. The Kier molecular flexibility index (Phi) is 5.46. The number of benzene rings is 1. The van der Waals surface area contributed by atoms with Crippen molar-refractivity contribution in [3.05, 3.63) is 42.0 Å². The Morgan fingerprint density at radius 1 is 1.22 bits per heavy atom. The van der Waals surface area contributed by atoms with Gasteiger partial charge in [-0.15, -0.1) is 0 Å². The summed E-state index contributed by atoms with van der Waals surface area (Å²) in [5.41, 5.74) is 0.768. The molecular formula is C17H21BrN2O3. The van der Waals surface area contributed by atoms with Crippen LogP contribution in [0.3, 0.4) is 0 Å². The quantitative estimate of drug-likeness (QED) is 0.731. The molecule has 2 amide bonds. The van der Waals surface area contributed by atoms with Gasteiger partial charge in [0.1, 0.15) is 5.60 Å². The van der Waals surface area contributed by atoms with E-state index in [1.54, 1.807) is 4.90 Å². The second kappa shape index (κ2) is 7.17. The molecule has 0 bridgehead atoms. The van der Waals surface area contributed by atoms with Crippen molar-refractivity contribution in [1.82, 2.24) is 4.90 Å². The minimum Gasteiger partial charge on any atom is -0.444 e. The van der Waals surface area contributed by atoms with Crippen molar-refractivity contribution in [2.24, 2.45) is 0 Å². The molecule has 1 heterocycles. The molecule has 5 nitrogen and oxygen atoms in total. The normalized spacial score (nSPS) is 15.0. The Hall–Kier alpha value is -1.82. The van der Waals surface area contributed by atoms with Crippen LogP contribution >= 0.6 is 16.1 Å². The number of hydrogen-bond donors (Lipinski definition) is 0. The van der Waals surface area contributed by atoms with Gasteiger partial charge in [0.2, 0.25) is 0 Å². The van der Waals surface area contributed by atoms with Crippen LogP contribution in [0.4, 0.5) is 10.5 Å². The minimum atomic E-state index is -0.548. The zero-order valence-electron chi connectivity index (χ0n) is 13.6. The summed E-state index contributed by atoms with van der Waals surface area (Å²) in [6.45, 7) is 6.28. The maximum absolute atomic E-state index is 12.6. The van der Waals surface area contributed by atoms with E-state index in [9.17, 15) is 9.59 Å². The van der Waals surface area contributed by atoms with E-state index in [0.29, 0.717) is 18.5 Å². The second-order valence-corrected chi connectivity index (χ2v) is 7.05. The Bertz CT molecular complexity index is 608. The van der Waals surface area contributed by atoms with Crippen LogP contribution in [0.25, 0.3) is 0 Å². The van der Waals surface area contributed by atoms with Crippen molar-refractivity contribution >= 4 is 33.8 Å². The molecule has 1 aromatic rings. The van der Waals surface area contributed by atoms with E-state index in [4.69, 9.17) is 4.74 Å². The Labute approximate surface area is 145 Å². The maximum Gasteiger partial charge on any atom is 0.410 e. The highest BCUT2D eigenvalue weighted by Crippen LogP contribution is 2.22. The number of carbonyl (C=O) groups excluding carboxylic acids is 2. The lowest BCUT2D eigenvalue weighted by Crippen LogP contribution is -2.42. The summed E-state index contributed by atoms with van der Waals surface area (Å²) in [6.07, 6.45) is 2.12. The predicted octanol–water partition coefficient (Wildman–Crippen LogP) is 3.90. The third-order valence-corrected chi connectivity index (χ3v) is 3.97. The highest BCUT2D eigenvalue weighted by atomic mass is 79.9. The third kappa shape index (κ3) is 4.82. The number of halogens is 1. The van der Waals surface area contributed by atoms with Gasteiger partial charge in [0.15, 0.2) is 0 Å². The second-order valence-electron chi connectivity index (χ2n) is 6.34. The summed E-state index contributed by atoms with van der Waals surface area (Å²) in [5.74, 6) is -0.176. The standard InChI is InChI=1S/C17H21BrN2O3/c1-17(2,3)23-16(22)19-11-7-8-13(12-19)15(21)20(18)14-9-5-4-6-10-14/h4-6,8-10H,7,11-12H2,1-3H3. The molecule has 23 heavy (non-hydrogen) atoms. The lowest BCUT2D eigenvalue weighted by atomic mass is 10.1. The summed E-state index contributed by atoms with van der Waals surface area (Å²) < 4.78 is 6.79. The van der Waals surface area contributed by atoms with Crippen molar-refractivity contribution in [2.45, 2.75) is 32.8 Å². The first kappa shape index (κ1) is 17.5. The van der Waals surface area contributed by atoms with Crippen molar-refractivity contribution in [3.8, 4) is 0 Å². The lowest BCUT2D eigenvalue weighted by molar-refractivity contribution is -0.114. The first-order valence-electron chi connectivity index (χ1n) is 7.50. The van der Waals surface area contributed by atoms with Gasteiger partial charge in [-0.3, -0.25) is 4.79 Å². The number of ether oxygens (including phenoxy) is 1. The Morgan fingerprint density at radius 3 is 2.48 bits per heavy atom. The van der Waals surface area contributed by atoms with Crippen LogP contribution in [0.2, 0.25) is 0 Å². The molecule has 0 aromatic heterocycles. The van der Waals surface area contributed by atoms with Gasteiger partial charge in [-0.1, -0.05) is 24.3 Å². The van der Waals surface area contributed by atoms with Gasteiger partial charge in [0.25, 0.3) is 5.91 Å². The van der Waals surface area contributed by atoms with Crippen molar-refractivity contribution < 1.29 is 14.3 Å². The van der Waals surface area contributed by atoms with Crippen molar-refractivity contribution in [3.63, 3.8) is 0 Å². The predicted molar refractivity (Wildman–Crippen MR) is 93.4 cm³/mol. The molecule has 0 radical (unpaired) electrons. The molecule has 0 N–H and O–H groups in total. The molecule has 124 valence electrons. The Balaban J connectivity index is 2.05. The summed E-state index contributed by atoms with van der Waals surface area (Å²) in [7, 11) is 0. The fraction of sp³-hybridized carbons (Fsp3) is 0.412. The van der Waals surface area contributed by atoms with Gasteiger partial charge in [0.05, 0.1) is 28.4 Å². The molecule has 6 heteroatoms. The third-order valence-electron chi connectivity index (χ3n) is 3.24.